The quantitative estimate of drug-likeness (QED) is 0.432. The molecule has 0 spiro atoms. The van der Waals surface area contributed by atoms with Gasteiger partial charge in [-0.25, -0.2) is 0 Å². The highest BCUT2D eigenvalue weighted by atomic mass is 35.5. The van der Waals surface area contributed by atoms with Crippen molar-refractivity contribution in [2.75, 3.05) is 13.2 Å². The molecule has 1 aliphatic heterocycles. The minimum Gasteiger partial charge on any atom is -0.466 e. The Kier molecular flexibility index (Phi) is 6.62. The molecule has 1 fully saturated rings. The molecule has 0 radical (unpaired) electrons. The van der Waals surface area contributed by atoms with Crippen molar-refractivity contribution in [1.82, 2.24) is 4.90 Å². The van der Waals surface area contributed by atoms with Gasteiger partial charge in [-0.2, -0.15) is 0 Å². The first kappa shape index (κ1) is 18.0. The molecule has 122 valence electrons. The third-order valence-electron chi connectivity index (χ3n) is 3.05. The van der Waals surface area contributed by atoms with Crippen LogP contribution in [0, 0.1) is 0 Å². The Balaban J connectivity index is 1.99. The molecule has 0 bridgehead atoms. The summed E-state index contributed by atoms with van der Waals surface area (Å²) >= 11 is 12.3. The van der Waals surface area contributed by atoms with Crippen LogP contribution in [0.4, 0.5) is 0 Å². The number of hydrogen-bond acceptors (Lipinski definition) is 5. The molecule has 0 atom stereocenters. The Hall–Kier alpha value is -1.37. The van der Waals surface area contributed by atoms with E-state index in [1.807, 2.05) is 19.1 Å². The number of thiocarbonyl (C=S) groups is 1. The van der Waals surface area contributed by atoms with Crippen LogP contribution in [0.25, 0.3) is 6.08 Å². The van der Waals surface area contributed by atoms with E-state index >= 15 is 0 Å². The van der Waals surface area contributed by atoms with Gasteiger partial charge in [-0.05, 0) is 30.2 Å². The fourth-order valence-electron chi connectivity index (χ4n) is 1.89. The van der Waals surface area contributed by atoms with Gasteiger partial charge in [-0.15, -0.1) is 0 Å². The number of esters is 1. The Morgan fingerprint density at radius 1 is 1.39 bits per heavy atom. The number of thioether (sulfide) groups is 1. The summed E-state index contributed by atoms with van der Waals surface area (Å²) in [4.78, 5) is 25.9. The molecular weight excluding hydrogens is 354 g/mol. The first-order valence-corrected chi connectivity index (χ1v) is 8.78. The number of amides is 1. The standard InChI is InChI=1S/C16H16ClNO3S2/c1-2-9-21-14(19)7-8-18-15(20)13(23-16(18)22)10-11-3-5-12(17)6-4-11/h3-6,10H,2,7-9H2,1H3. The normalized spacial score (nSPS) is 16.3. The fourth-order valence-corrected chi connectivity index (χ4v) is 3.33. The predicted molar refractivity (Wildman–Crippen MR) is 97.2 cm³/mol. The zero-order valence-electron chi connectivity index (χ0n) is 12.6. The lowest BCUT2D eigenvalue weighted by Crippen LogP contribution is -2.30. The molecule has 0 saturated carbocycles. The summed E-state index contributed by atoms with van der Waals surface area (Å²) in [6.45, 7) is 2.57. The Morgan fingerprint density at radius 3 is 2.74 bits per heavy atom. The maximum Gasteiger partial charge on any atom is 0.307 e. The fraction of sp³-hybridized carbons (Fsp3) is 0.312. The van der Waals surface area contributed by atoms with Crippen molar-refractivity contribution < 1.29 is 14.3 Å². The summed E-state index contributed by atoms with van der Waals surface area (Å²) in [7, 11) is 0. The number of ether oxygens (including phenoxy) is 1. The van der Waals surface area contributed by atoms with Crippen LogP contribution in [0.3, 0.4) is 0 Å². The molecule has 1 aliphatic rings. The zero-order valence-corrected chi connectivity index (χ0v) is 15.0. The number of nitrogens with zero attached hydrogens (tertiary/aromatic N) is 1. The van der Waals surface area contributed by atoms with Crippen molar-refractivity contribution in [1.29, 1.82) is 0 Å². The smallest absolute Gasteiger partial charge is 0.307 e. The molecule has 0 N–H and O–H groups in total. The van der Waals surface area contributed by atoms with E-state index in [4.69, 9.17) is 28.6 Å². The Labute approximate surface area is 149 Å². The summed E-state index contributed by atoms with van der Waals surface area (Å²) < 4.78 is 5.46. The third-order valence-corrected chi connectivity index (χ3v) is 4.68. The summed E-state index contributed by atoms with van der Waals surface area (Å²) in [5, 5.41) is 0.639. The van der Waals surface area contributed by atoms with Gasteiger partial charge in [-0.1, -0.05) is 54.6 Å². The molecule has 1 saturated heterocycles. The van der Waals surface area contributed by atoms with Gasteiger partial charge < -0.3 is 4.74 Å². The lowest BCUT2D eigenvalue weighted by molar-refractivity contribution is -0.143. The second kappa shape index (κ2) is 8.47. The van der Waals surface area contributed by atoms with E-state index < -0.39 is 0 Å². The topological polar surface area (TPSA) is 46.6 Å². The monoisotopic (exact) mass is 369 g/mol. The van der Waals surface area contributed by atoms with Gasteiger partial charge in [0.25, 0.3) is 5.91 Å². The molecular formula is C16H16ClNO3S2. The third kappa shape index (κ3) is 5.06. The molecule has 4 nitrogen and oxygen atoms in total. The molecule has 0 unspecified atom stereocenters. The van der Waals surface area contributed by atoms with Crippen LogP contribution in [-0.2, 0) is 14.3 Å². The van der Waals surface area contributed by atoms with Gasteiger partial charge in [-0.3, -0.25) is 14.5 Å². The molecule has 1 aromatic carbocycles. The average Bonchev–Trinajstić information content (AvgIpc) is 2.79. The molecule has 1 heterocycles. The number of carbonyl (C=O) groups excluding carboxylic acids is 2. The van der Waals surface area contributed by atoms with Crippen LogP contribution in [-0.4, -0.2) is 34.2 Å². The number of halogens is 1. The average molecular weight is 370 g/mol. The summed E-state index contributed by atoms with van der Waals surface area (Å²) in [6.07, 6.45) is 2.68. The van der Waals surface area contributed by atoms with Gasteiger partial charge in [0, 0.05) is 11.6 Å². The van der Waals surface area contributed by atoms with Crippen LogP contribution >= 0.6 is 35.6 Å². The van der Waals surface area contributed by atoms with E-state index in [0.717, 1.165) is 12.0 Å². The Morgan fingerprint density at radius 2 is 2.09 bits per heavy atom. The van der Waals surface area contributed by atoms with E-state index in [9.17, 15) is 9.59 Å². The van der Waals surface area contributed by atoms with Crippen LogP contribution < -0.4 is 0 Å². The van der Waals surface area contributed by atoms with E-state index in [1.165, 1.54) is 16.7 Å². The van der Waals surface area contributed by atoms with Gasteiger partial charge in [0.1, 0.15) is 4.32 Å². The number of hydrogen-bond donors (Lipinski definition) is 0. The maximum absolute atomic E-state index is 12.4. The van der Waals surface area contributed by atoms with Gasteiger partial charge in [0.2, 0.25) is 0 Å². The van der Waals surface area contributed by atoms with Crippen LogP contribution in [0.15, 0.2) is 29.2 Å². The lowest BCUT2D eigenvalue weighted by Gasteiger charge is -2.13. The van der Waals surface area contributed by atoms with Crippen molar-refractivity contribution in [2.24, 2.45) is 0 Å². The molecule has 1 aromatic rings. The van der Waals surface area contributed by atoms with Crippen LogP contribution in [0.5, 0.6) is 0 Å². The SMILES string of the molecule is CCCOC(=O)CCN1C(=O)C(=Cc2ccc(Cl)cc2)SC1=S. The minimum atomic E-state index is -0.317. The summed E-state index contributed by atoms with van der Waals surface area (Å²) in [5.41, 5.74) is 0.872. The number of benzene rings is 1. The predicted octanol–water partition coefficient (Wildman–Crippen LogP) is 3.88. The largest absolute Gasteiger partial charge is 0.466 e. The molecule has 0 aromatic heterocycles. The van der Waals surface area contributed by atoms with Crippen LogP contribution in [0.2, 0.25) is 5.02 Å². The van der Waals surface area contributed by atoms with Gasteiger partial charge in [0.15, 0.2) is 0 Å². The second-order valence-corrected chi connectivity index (χ2v) is 6.97. The lowest BCUT2D eigenvalue weighted by atomic mass is 10.2. The Bertz CT molecular complexity index is 643. The van der Waals surface area contributed by atoms with Crippen molar-refractivity contribution >= 4 is 57.9 Å². The first-order chi connectivity index (χ1) is 11.0. The van der Waals surface area contributed by atoms with Crippen molar-refractivity contribution in [3.63, 3.8) is 0 Å². The van der Waals surface area contributed by atoms with Crippen molar-refractivity contribution in [3.8, 4) is 0 Å². The maximum atomic E-state index is 12.4. The molecule has 7 heteroatoms. The number of carbonyl (C=O) groups is 2. The van der Waals surface area contributed by atoms with Crippen molar-refractivity contribution in [2.45, 2.75) is 19.8 Å². The highest BCUT2D eigenvalue weighted by molar-refractivity contribution is 8.26. The van der Waals surface area contributed by atoms with Crippen LogP contribution in [0.1, 0.15) is 25.3 Å². The summed E-state index contributed by atoms with van der Waals surface area (Å²) in [5.74, 6) is -0.499. The highest BCUT2D eigenvalue weighted by Gasteiger charge is 2.32. The van der Waals surface area contributed by atoms with E-state index in [-0.39, 0.29) is 24.8 Å². The minimum absolute atomic E-state index is 0.140. The molecule has 23 heavy (non-hydrogen) atoms. The van der Waals surface area contributed by atoms with Crippen molar-refractivity contribution in [3.05, 3.63) is 39.8 Å². The number of rotatable bonds is 6. The highest BCUT2D eigenvalue weighted by Crippen LogP contribution is 2.32. The molecule has 0 aliphatic carbocycles. The molecule has 1 amide bonds. The second-order valence-electron chi connectivity index (χ2n) is 4.86. The molecule has 2 rings (SSSR count). The van der Waals surface area contributed by atoms with Gasteiger partial charge in [0.05, 0.1) is 17.9 Å². The van der Waals surface area contributed by atoms with E-state index in [2.05, 4.69) is 0 Å². The zero-order chi connectivity index (χ0) is 16.8. The van der Waals surface area contributed by atoms with E-state index in [1.54, 1.807) is 18.2 Å². The first-order valence-electron chi connectivity index (χ1n) is 7.18. The van der Waals surface area contributed by atoms with Gasteiger partial charge >= 0.3 is 5.97 Å². The van der Waals surface area contributed by atoms with E-state index in [0.29, 0.717) is 20.9 Å². The summed E-state index contributed by atoms with van der Waals surface area (Å²) in [6, 6.07) is 7.18.